The Kier molecular flexibility index (Phi) is 4.85. The number of benzene rings is 1. The van der Waals surface area contributed by atoms with Crippen molar-refractivity contribution in [3.8, 4) is 0 Å². The Balaban J connectivity index is 1.99. The Hall–Kier alpha value is -0.610. The summed E-state index contributed by atoms with van der Waals surface area (Å²) in [7, 11) is 2.11. The van der Waals surface area contributed by atoms with Crippen LogP contribution in [0.15, 0.2) is 18.2 Å². The van der Waals surface area contributed by atoms with E-state index in [1.165, 1.54) is 0 Å². The van der Waals surface area contributed by atoms with Gasteiger partial charge in [0.25, 0.3) is 0 Å². The molecule has 0 amide bonds. The number of piperazine rings is 1. The van der Waals surface area contributed by atoms with Crippen LogP contribution in [-0.2, 0) is 0 Å². The zero-order chi connectivity index (χ0) is 14.0. The minimum absolute atomic E-state index is 0.0929. The molecule has 0 N–H and O–H groups in total. The molecule has 2 rings (SSSR count). The number of halogens is 2. The molecule has 1 heterocycles. The number of hydrogen-bond donors (Lipinski definition) is 0. The van der Waals surface area contributed by atoms with Gasteiger partial charge in [-0.05, 0) is 32.2 Å². The molecule has 0 aromatic heterocycles. The Morgan fingerprint density at radius 3 is 2.68 bits per heavy atom. The van der Waals surface area contributed by atoms with Crippen LogP contribution in [-0.4, -0.2) is 54.9 Å². The standard InChI is InChI=1S/C14H18Cl2N2O/c1-10-8-18(6-5-17(10)2)9-14(19)11-3-4-12(15)13(16)7-11/h3-4,7,10H,5-6,8-9H2,1-2H3. The van der Waals surface area contributed by atoms with Crippen molar-refractivity contribution in [2.45, 2.75) is 13.0 Å². The Morgan fingerprint density at radius 2 is 2.05 bits per heavy atom. The van der Waals surface area contributed by atoms with Gasteiger partial charge in [-0.25, -0.2) is 0 Å². The number of rotatable bonds is 3. The van der Waals surface area contributed by atoms with E-state index < -0.39 is 0 Å². The number of carbonyl (C=O) groups is 1. The highest BCUT2D eigenvalue weighted by atomic mass is 35.5. The molecular weight excluding hydrogens is 283 g/mol. The number of ketones is 1. The lowest BCUT2D eigenvalue weighted by atomic mass is 10.1. The molecule has 19 heavy (non-hydrogen) atoms. The number of nitrogens with zero attached hydrogens (tertiary/aromatic N) is 2. The molecule has 0 saturated carbocycles. The van der Waals surface area contributed by atoms with Crippen molar-refractivity contribution in [3.63, 3.8) is 0 Å². The van der Waals surface area contributed by atoms with Gasteiger partial charge in [0.05, 0.1) is 16.6 Å². The summed E-state index contributed by atoms with van der Waals surface area (Å²) < 4.78 is 0. The van der Waals surface area contributed by atoms with Gasteiger partial charge in [-0.3, -0.25) is 9.69 Å². The smallest absolute Gasteiger partial charge is 0.176 e. The molecule has 3 nitrogen and oxygen atoms in total. The molecule has 0 radical (unpaired) electrons. The van der Waals surface area contributed by atoms with Crippen molar-refractivity contribution in [1.29, 1.82) is 0 Å². The first-order chi connectivity index (χ1) is 8.97. The maximum absolute atomic E-state index is 12.2. The first-order valence-corrected chi connectivity index (χ1v) is 7.14. The largest absolute Gasteiger partial charge is 0.301 e. The molecule has 0 bridgehead atoms. The molecule has 0 aliphatic carbocycles. The van der Waals surface area contributed by atoms with Crippen molar-refractivity contribution < 1.29 is 4.79 Å². The van der Waals surface area contributed by atoms with E-state index in [1.54, 1.807) is 18.2 Å². The number of Topliss-reactive ketones (excluding diaryl/α,β-unsaturated/α-hetero) is 1. The van der Waals surface area contributed by atoms with E-state index in [9.17, 15) is 4.79 Å². The summed E-state index contributed by atoms with van der Waals surface area (Å²) in [5.74, 6) is 0.0929. The van der Waals surface area contributed by atoms with E-state index in [2.05, 4.69) is 23.8 Å². The van der Waals surface area contributed by atoms with E-state index in [0.29, 0.717) is 28.2 Å². The molecule has 5 heteroatoms. The van der Waals surface area contributed by atoms with Crippen LogP contribution < -0.4 is 0 Å². The third kappa shape index (κ3) is 3.69. The third-order valence-electron chi connectivity index (χ3n) is 3.65. The highest BCUT2D eigenvalue weighted by molar-refractivity contribution is 6.42. The van der Waals surface area contributed by atoms with E-state index in [1.807, 2.05) is 0 Å². The highest BCUT2D eigenvalue weighted by Crippen LogP contribution is 2.23. The van der Waals surface area contributed by atoms with Crippen molar-refractivity contribution in [2.24, 2.45) is 0 Å². The van der Waals surface area contributed by atoms with Crippen LogP contribution in [0.1, 0.15) is 17.3 Å². The lowest BCUT2D eigenvalue weighted by Crippen LogP contribution is -2.51. The fourth-order valence-electron chi connectivity index (χ4n) is 2.23. The molecule has 1 fully saturated rings. The minimum atomic E-state index is 0.0929. The summed E-state index contributed by atoms with van der Waals surface area (Å²) in [6, 6.07) is 5.53. The van der Waals surface area contributed by atoms with E-state index in [0.717, 1.165) is 19.6 Å². The monoisotopic (exact) mass is 300 g/mol. The second kappa shape index (κ2) is 6.23. The maximum atomic E-state index is 12.2. The van der Waals surface area contributed by atoms with Crippen LogP contribution in [0.3, 0.4) is 0 Å². The fourth-order valence-corrected chi connectivity index (χ4v) is 2.53. The Bertz CT molecular complexity index is 479. The number of carbonyl (C=O) groups excluding carboxylic acids is 1. The fraction of sp³-hybridized carbons (Fsp3) is 0.500. The lowest BCUT2D eigenvalue weighted by Gasteiger charge is -2.37. The van der Waals surface area contributed by atoms with Gasteiger partial charge >= 0.3 is 0 Å². The normalized spacial score (nSPS) is 21.6. The zero-order valence-corrected chi connectivity index (χ0v) is 12.7. The predicted octanol–water partition coefficient (Wildman–Crippen LogP) is 2.81. The highest BCUT2D eigenvalue weighted by Gasteiger charge is 2.22. The predicted molar refractivity (Wildman–Crippen MR) is 79.3 cm³/mol. The van der Waals surface area contributed by atoms with Crippen LogP contribution in [0.5, 0.6) is 0 Å². The number of likely N-dealkylation sites (N-methyl/N-ethyl adjacent to an activating group) is 1. The van der Waals surface area contributed by atoms with Crippen LogP contribution in [0.25, 0.3) is 0 Å². The molecular formula is C14H18Cl2N2O. The van der Waals surface area contributed by atoms with Crippen molar-refractivity contribution in [2.75, 3.05) is 33.2 Å². The summed E-state index contributed by atoms with van der Waals surface area (Å²) in [6.07, 6.45) is 0. The summed E-state index contributed by atoms with van der Waals surface area (Å²) in [6.45, 7) is 5.46. The maximum Gasteiger partial charge on any atom is 0.176 e. The third-order valence-corrected chi connectivity index (χ3v) is 4.39. The van der Waals surface area contributed by atoms with Crippen molar-refractivity contribution in [3.05, 3.63) is 33.8 Å². The van der Waals surface area contributed by atoms with Crippen LogP contribution >= 0.6 is 23.2 Å². The van der Waals surface area contributed by atoms with Gasteiger partial charge in [0, 0.05) is 31.2 Å². The Morgan fingerprint density at radius 1 is 1.32 bits per heavy atom. The Labute approximate surface area is 124 Å². The second-order valence-electron chi connectivity index (χ2n) is 5.12. The van der Waals surface area contributed by atoms with Gasteiger partial charge < -0.3 is 4.90 Å². The van der Waals surface area contributed by atoms with E-state index >= 15 is 0 Å². The molecule has 104 valence electrons. The first kappa shape index (κ1) is 14.8. The quantitative estimate of drug-likeness (QED) is 0.802. The van der Waals surface area contributed by atoms with Crippen LogP contribution in [0.2, 0.25) is 10.0 Å². The van der Waals surface area contributed by atoms with Gasteiger partial charge in [0.2, 0.25) is 0 Å². The van der Waals surface area contributed by atoms with Crippen LogP contribution in [0.4, 0.5) is 0 Å². The topological polar surface area (TPSA) is 23.6 Å². The van der Waals surface area contributed by atoms with E-state index in [4.69, 9.17) is 23.2 Å². The number of hydrogen-bond acceptors (Lipinski definition) is 3. The molecule has 0 spiro atoms. The summed E-state index contributed by atoms with van der Waals surface area (Å²) in [4.78, 5) is 16.7. The van der Waals surface area contributed by atoms with E-state index in [-0.39, 0.29) is 5.78 Å². The summed E-state index contributed by atoms with van der Waals surface area (Å²) in [5.41, 5.74) is 0.626. The second-order valence-corrected chi connectivity index (χ2v) is 5.93. The van der Waals surface area contributed by atoms with Gasteiger partial charge in [0.1, 0.15) is 0 Å². The van der Waals surface area contributed by atoms with Gasteiger partial charge in [-0.1, -0.05) is 23.2 Å². The van der Waals surface area contributed by atoms with Gasteiger partial charge in [-0.15, -0.1) is 0 Å². The molecule has 1 aliphatic heterocycles. The summed E-state index contributed by atoms with van der Waals surface area (Å²) in [5, 5.41) is 0.908. The molecule has 1 aromatic carbocycles. The molecule has 1 unspecified atom stereocenters. The SMILES string of the molecule is CC1CN(CC(=O)c2ccc(Cl)c(Cl)c2)CCN1C. The van der Waals surface area contributed by atoms with Gasteiger partial charge in [0.15, 0.2) is 5.78 Å². The van der Waals surface area contributed by atoms with Crippen LogP contribution in [0, 0.1) is 0 Å². The molecule has 1 atom stereocenters. The average molecular weight is 301 g/mol. The summed E-state index contributed by atoms with van der Waals surface area (Å²) >= 11 is 11.8. The van der Waals surface area contributed by atoms with Crippen molar-refractivity contribution in [1.82, 2.24) is 9.80 Å². The molecule has 1 aliphatic rings. The average Bonchev–Trinajstić information content (AvgIpc) is 2.37. The molecule has 1 aromatic rings. The zero-order valence-electron chi connectivity index (χ0n) is 11.2. The van der Waals surface area contributed by atoms with Gasteiger partial charge in [-0.2, -0.15) is 0 Å². The lowest BCUT2D eigenvalue weighted by molar-refractivity contribution is 0.0786. The first-order valence-electron chi connectivity index (χ1n) is 6.38. The molecule has 1 saturated heterocycles. The van der Waals surface area contributed by atoms with Crippen molar-refractivity contribution >= 4 is 29.0 Å². The minimum Gasteiger partial charge on any atom is -0.301 e.